The Morgan fingerprint density at radius 1 is 1.18 bits per heavy atom. The van der Waals surface area contributed by atoms with Gasteiger partial charge in [0.2, 0.25) is 0 Å². The Morgan fingerprint density at radius 2 is 1.91 bits per heavy atom. The zero-order valence-electron chi connectivity index (χ0n) is 20.0. The number of amides is 1. The number of nitrogens with zero attached hydrogens (tertiary/aromatic N) is 3. The number of hydrogen-bond acceptors (Lipinski definition) is 7. The second-order valence-electron chi connectivity index (χ2n) is 8.83. The fourth-order valence-corrected chi connectivity index (χ4v) is 4.42. The summed E-state index contributed by atoms with van der Waals surface area (Å²) in [6, 6.07) is 5.93. The van der Waals surface area contributed by atoms with E-state index in [0.717, 1.165) is 64.5 Å². The van der Waals surface area contributed by atoms with E-state index in [1.165, 1.54) is 5.56 Å². The molecule has 2 aromatic heterocycles. The molecule has 0 aliphatic carbocycles. The van der Waals surface area contributed by atoms with Crippen LogP contribution in [0.5, 0.6) is 0 Å². The van der Waals surface area contributed by atoms with Gasteiger partial charge in [-0.3, -0.25) is 19.5 Å². The summed E-state index contributed by atoms with van der Waals surface area (Å²) in [6.45, 7) is 8.55. The molecule has 1 unspecified atom stereocenters. The first kappa shape index (κ1) is 25.6. The van der Waals surface area contributed by atoms with E-state index in [9.17, 15) is 9.59 Å². The Kier molecular flexibility index (Phi) is 9.35. The van der Waals surface area contributed by atoms with Crippen LogP contribution in [0, 0.1) is 6.92 Å². The maximum absolute atomic E-state index is 13.2. The zero-order chi connectivity index (χ0) is 24.5. The van der Waals surface area contributed by atoms with E-state index < -0.39 is 11.6 Å². The first-order chi connectivity index (χ1) is 16.3. The van der Waals surface area contributed by atoms with E-state index in [4.69, 9.17) is 14.3 Å². The maximum Gasteiger partial charge on any atom is 0.349 e. The highest BCUT2D eigenvalue weighted by atomic mass is 16.4. The van der Waals surface area contributed by atoms with Crippen LogP contribution in [0.4, 0.5) is 0 Å². The summed E-state index contributed by atoms with van der Waals surface area (Å²) >= 11 is 0. The summed E-state index contributed by atoms with van der Waals surface area (Å²) in [5, 5.41) is 10.8. The molecule has 2 N–H and O–H groups in total. The number of carbonyl (C=O) groups is 2. The lowest BCUT2D eigenvalue weighted by atomic mass is 9.95. The Labute approximate surface area is 199 Å². The lowest BCUT2D eigenvalue weighted by molar-refractivity contribution is -0.134. The van der Waals surface area contributed by atoms with E-state index in [2.05, 4.69) is 15.2 Å². The predicted molar refractivity (Wildman–Crippen MR) is 128 cm³/mol. The average molecular weight is 471 g/mol. The summed E-state index contributed by atoms with van der Waals surface area (Å²) in [5.74, 6) is -0.143. The van der Waals surface area contributed by atoms with Gasteiger partial charge in [-0.15, -0.1) is 0 Å². The van der Waals surface area contributed by atoms with Crippen LogP contribution in [-0.2, 0) is 11.3 Å². The number of pyridine rings is 1. The number of carbonyl (C=O) groups excluding carboxylic acids is 1. The molecule has 0 saturated carbocycles. The topological polar surface area (TPSA) is 116 Å². The van der Waals surface area contributed by atoms with Crippen molar-refractivity contribution in [3.8, 4) is 0 Å². The molecular formula is C25H34N4O5. The highest BCUT2D eigenvalue weighted by molar-refractivity contribution is 5.95. The normalized spacial score (nSPS) is 19.0. The summed E-state index contributed by atoms with van der Waals surface area (Å²) < 4.78 is 5.61. The first-order valence-corrected chi connectivity index (χ1v) is 11.8. The average Bonchev–Trinajstić information content (AvgIpc) is 3.05. The minimum atomic E-state index is -0.833. The second kappa shape index (κ2) is 12.4. The van der Waals surface area contributed by atoms with Crippen LogP contribution in [-0.4, -0.2) is 71.0 Å². The highest BCUT2D eigenvalue weighted by Crippen LogP contribution is 2.24. The number of nitrogens with one attached hydrogen (secondary N) is 1. The molecule has 1 atom stereocenters. The lowest BCUT2D eigenvalue weighted by Gasteiger charge is -2.24. The van der Waals surface area contributed by atoms with Crippen molar-refractivity contribution in [2.75, 3.05) is 39.3 Å². The fraction of sp³-hybridized carbons (Fsp3) is 0.520. The number of carboxylic acids is 1. The molecule has 0 radical (unpaired) electrons. The van der Waals surface area contributed by atoms with Crippen molar-refractivity contribution in [1.82, 2.24) is 20.1 Å². The molecule has 2 aliphatic rings. The molecule has 2 saturated heterocycles. The minimum Gasteiger partial charge on any atom is -0.481 e. The fourth-order valence-electron chi connectivity index (χ4n) is 4.42. The van der Waals surface area contributed by atoms with Gasteiger partial charge < -0.3 is 19.7 Å². The largest absolute Gasteiger partial charge is 0.481 e. The smallest absolute Gasteiger partial charge is 0.349 e. The molecule has 4 rings (SSSR count). The van der Waals surface area contributed by atoms with Gasteiger partial charge in [-0.2, -0.15) is 0 Å². The van der Waals surface area contributed by atoms with Gasteiger partial charge in [0.25, 0.3) is 11.9 Å². The third-order valence-corrected chi connectivity index (χ3v) is 6.11. The third kappa shape index (κ3) is 7.23. The predicted octanol–water partition coefficient (Wildman–Crippen LogP) is 2.25. The van der Waals surface area contributed by atoms with Gasteiger partial charge in [0.1, 0.15) is 11.3 Å². The number of rotatable bonds is 4. The standard InChI is InChI=1S/C23H30N4O3.C2H4O2/c1-17-14-20(19-4-2-7-25-15-19)30-23(29)21(17)22(28)27-11-3-10-26(12-13-27)16-18-5-8-24-9-6-18;1-2(3)4/h5-6,8-9,14,19,25H,2-4,7,10-13,15-16H2,1H3;1H3,(H,3,4). The van der Waals surface area contributed by atoms with Crippen molar-refractivity contribution in [1.29, 1.82) is 0 Å². The molecule has 9 heteroatoms. The van der Waals surface area contributed by atoms with Crippen molar-refractivity contribution in [2.24, 2.45) is 0 Å². The van der Waals surface area contributed by atoms with Crippen molar-refractivity contribution in [2.45, 2.75) is 45.6 Å². The Balaban J connectivity index is 0.000000751. The molecular weight excluding hydrogens is 436 g/mol. The van der Waals surface area contributed by atoms with Gasteiger partial charge in [-0.05, 0) is 62.1 Å². The molecule has 2 aliphatic heterocycles. The molecule has 0 spiro atoms. The van der Waals surface area contributed by atoms with Crippen LogP contribution in [0.2, 0.25) is 0 Å². The molecule has 0 aromatic carbocycles. The molecule has 0 bridgehead atoms. The van der Waals surface area contributed by atoms with Crippen LogP contribution >= 0.6 is 0 Å². The van der Waals surface area contributed by atoms with E-state index >= 15 is 0 Å². The van der Waals surface area contributed by atoms with Crippen molar-refractivity contribution < 1.29 is 19.1 Å². The van der Waals surface area contributed by atoms with Crippen LogP contribution in [0.1, 0.15) is 59.3 Å². The quantitative estimate of drug-likeness (QED) is 0.699. The van der Waals surface area contributed by atoms with E-state index in [1.807, 2.05) is 25.1 Å². The van der Waals surface area contributed by atoms with Gasteiger partial charge in [-0.1, -0.05) is 0 Å². The van der Waals surface area contributed by atoms with Crippen LogP contribution in [0.25, 0.3) is 0 Å². The minimum absolute atomic E-state index is 0.185. The number of aliphatic carboxylic acids is 1. The summed E-state index contributed by atoms with van der Waals surface area (Å²) in [7, 11) is 0. The third-order valence-electron chi connectivity index (χ3n) is 6.11. The number of aryl methyl sites for hydroxylation is 1. The van der Waals surface area contributed by atoms with Crippen LogP contribution in [0.15, 0.2) is 39.8 Å². The molecule has 184 valence electrons. The van der Waals surface area contributed by atoms with Gasteiger partial charge >= 0.3 is 5.63 Å². The monoisotopic (exact) mass is 470 g/mol. The Hall–Kier alpha value is -3.04. The van der Waals surface area contributed by atoms with Crippen molar-refractivity contribution >= 4 is 11.9 Å². The summed E-state index contributed by atoms with van der Waals surface area (Å²) in [6.07, 6.45) is 6.56. The molecule has 2 aromatic rings. The Bertz CT molecular complexity index is 1010. The van der Waals surface area contributed by atoms with Gasteiger partial charge in [0, 0.05) is 64.5 Å². The van der Waals surface area contributed by atoms with Crippen LogP contribution in [0.3, 0.4) is 0 Å². The molecule has 2 fully saturated rings. The maximum atomic E-state index is 13.2. The summed E-state index contributed by atoms with van der Waals surface area (Å²) in [5.41, 5.74) is 1.62. The van der Waals surface area contributed by atoms with E-state index in [1.54, 1.807) is 17.3 Å². The van der Waals surface area contributed by atoms with Crippen molar-refractivity contribution in [3.05, 3.63) is 63.5 Å². The lowest BCUT2D eigenvalue weighted by Crippen LogP contribution is -2.38. The highest BCUT2D eigenvalue weighted by Gasteiger charge is 2.27. The summed E-state index contributed by atoms with van der Waals surface area (Å²) in [4.78, 5) is 43.1. The van der Waals surface area contributed by atoms with Crippen LogP contribution < -0.4 is 10.9 Å². The SMILES string of the molecule is CC(=O)O.Cc1cc(C2CCCNC2)oc(=O)c1C(=O)N1CCCN(Cc2ccncc2)CC1. The van der Waals surface area contributed by atoms with Gasteiger partial charge in [0.15, 0.2) is 0 Å². The molecule has 34 heavy (non-hydrogen) atoms. The molecule has 4 heterocycles. The molecule has 1 amide bonds. The number of piperidine rings is 1. The van der Waals surface area contributed by atoms with E-state index in [-0.39, 0.29) is 17.4 Å². The Morgan fingerprint density at radius 3 is 2.56 bits per heavy atom. The molecule has 9 nitrogen and oxygen atoms in total. The second-order valence-corrected chi connectivity index (χ2v) is 8.83. The van der Waals surface area contributed by atoms with Crippen molar-refractivity contribution in [3.63, 3.8) is 0 Å². The van der Waals surface area contributed by atoms with E-state index in [0.29, 0.717) is 18.8 Å². The number of aromatic nitrogens is 1. The van der Waals surface area contributed by atoms with Gasteiger partial charge in [-0.25, -0.2) is 4.79 Å². The van der Waals surface area contributed by atoms with Gasteiger partial charge in [0.05, 0.1) is 0 Å². The first-order valence-electron chi connectivity index (χ1n) is 11.8. The zero-order valence-corrected chi connectivity index (χ0v) is 20.0. The number of hydrogen-bond donors (Lipinski definition) is 2. The number of carboxylic acid groups (broad SMARTS) is 1.